The van der Waals surface area contributed by atoms with Crippen LogP contribution < -0.4 is 0 Å². The van der Waals surface area contributed by atoms with E-state index in [1.165, 1.54) is 0 Å². The van der Waals surface area contributed by atoms with Gasteiger partial charge in [0.15, 0.2) is 0 Å². The molecule has 80 valence electrons. The molecule has 4 nitrogen and oxygen atoms in total. The zero-order valence-electron chi connectivity index (χ0n) is 8.30. The van der Waals surface area contributed by atoms with Crippen molar-refractivity contribution in [3.63, 3.8) is 0 Å². The molecule has 0 bridgehead atoms. The molecule has 0 spiro atoms. The van der Waals surface area contributed by atoms with Gasteiger partial charge in [0, 0.05) is 11.6 Å². The van der Waals surface area contributed by atoms with Crippen LogP contribution in [-0.2, 0) is 5.88 Å². The normalized spacial score (nSPS) is 12.9. The van der Waals surface area contributed by atoms with Crippen LogP contribution in [0, 0.1) is 0 Å². The molecule has 0 radical (unpaired) electrons. The van der Waals surface area contributed by atoms with E-state index in [1.54, 1.807) is 17.7 Å². The Morgan fingerprint density at radius 2 is 2.47 bits per heavy atom. The van der Waals surface area contributed by atoms with Crippen LogP contribution in [0.5, 0.6) is 0 Å². The monoisotopic (exact) mass is 242 g/mol. The predicted octanol–water partition coefficient (Wildman–Crippen LogP) is 2.47. The summed E-state index contributed by atoms with van der Waals surface area (Å²) in [5.74, 6) is 1.17. The molecule has 0 saturated carbocycles. The molecule has 2 rings (SSSR count). The number of hydrogen-bond donors (Lipinski definition) is 0. The molecule has 1 unspecified atom stereocenters. The van der Waals surface area contributed by atoms with Gasteiger partial charge in [-0.1, -0.05) is 6.92 Å². The molecule has 0 N–H and O–H groups in total. The van der Waals surface area contributed by atoms with Crippen LogP contribution in [0.1, 0.15) is 30.2 Å². The standard InChI is InChI=1S/C9H11ClN4S/c1-2-7(9-11-3-4-15-9)14-6-12-13-8(14)5-10/h3-4,6-7H,2,5H2,1H3. The Hall–Kier alpha value is -0.940. The van der Waals surface area contributed by atoms with E-state index in [9.17, 15) is 0 Å². The van der Waals surface area contributed by atoms with E-state index >= 15 is 0 Å². The average molecular weight is 243 g/mol. The van der Waals surface area contributed by atoms with Gasteiger partial charge in [-0.25, -0.2) is 4.98 Å². The van der Waals surface area contributed by atoms with Crippen molar-refractivity contribution >= 4 is 22.9 Å². The van der Waals surface area contributed by atoms with Gasteiger partial charge in [0.2, 0.25) is 0 Å². The van der Waals surface area contributed by atoms with Crippen LogP contribution in [-0.4, -0.2) is 19.7 Å². The molecule has 0 aliphatic heterocycles. The second kappa shape index (κ2) is 4.72. The molecule has 0 saturated heterocycles. The Morgan fingerprint density at radius 3 is 3.07 bits per heavy atom. The number of thiazole rings is 1. The van der Waals surface area contributed by atoms with Crippen molar-refractivity contribution in [1.29, 1.82) is 0 Å². The fraction of sp³-hybridized carbons (Fsp3) is 0.444. The molecule has 0 aliphatic carbocycles. The quantitative estimate of drug-likeness (QED) is 0.774. The summed E-state index contributed by atoms with van der Waals surface area (Å²) in [6.07, 6.45) is 4.48. The highest BCUT2D eigenvalue weighted by Crippen LogP contribution is 2.24. The summed E-state index contributed by atoms with van der Waals surface area (Å²) in [6.45, 7) is 2.12. The number of aromatic nitrogens is 4. The maximum absolute atomic E-state index is 5.80. The summed E-state index contributed by atoms with van der Waals surface area (Å²) in [7, 11) is 0. The highest BCUT2D eigenvalue weighted by molar-refractivity contribution is 7.09. The first-order chi connectivity index (χ1) is 7.36. The maximum atomic E-state index is 5.80. The van der Waals surface area contributed by atoms with E-state index in [0.29, 0.717) is 5.88 Å². The van der Waals surface area contributed by atoms with Crippen molar-refractivity contribution in [2.24, 2.45) is 0 Å². The molecule has 0 fully saturated rings. The Labute approximate surface area is 96.9 Å². The second-order valence-corrected chi connectivity index (χ2v) is 4.28. The average Bonchev–Trinajstić information content (AvgIpc) is 2.89. The summed E-state index contributed by atoms with van der Waals surface area (Å²) in [4.78, 5) is 4.32. The fourth-order valence-corrected chi connectivity index (χ4v) is 2.52. The predicted molar refractivity (Wildman–Crippen MR) is 60.1 cm³/mol. The number of nitrogens with zero attached hydrogens (tertiary/aromatic N) is 4. The third-order valence-corrected chi connectivity index (χ3v) is 3.34. The van der Waals surface area contributed by atoms with Crippen LogP contribution in [0.2, 0.25) is 0 Å². The lowest BCUT2D eigenvalue weighted by molar-refractivity contribution is 0.546. The second-order valence-electron chi connectivity index (χ2n) is 3.08. The third-order valence-electron chi connectivity index (χ3n) is 2.23. The maximum Gasteiger partial charge on any atom is 0.148 e. The Bertz CT molecular complexity index is 411. The summed E-state index contributed by atoms with van der Waals surface area (Å²) in [6, 6.07) is 0.203. The minimum atomic E-state index is 0.203. The van der Waals surface area contributed by atoms with Gasteiger partial charge in [-0.2, -0.15) is 0 Å². The van der Waals surface area contributed by atoms with Gasteiger partial charge in [-0.15, -0.1) is 33.1 Å². The van der Waals surface area contributed by atoms with Crippen LogP contribution in [0.4, 0.5) is 0 Å². The van der Waals surface area contributed by atoms with Gasteiger partial charge >= 0.3 is 0 Å². The zero-order valence-corrected chi connectivity index (χ0v) is 9.87. The van der Waals surface area contributed by atoms with E-state index in [2.05, 4.69) is 22.1 Å². The van der Waals surface area contributed by atoms with E-state index < -0.39 is 0 Å². The summed E-state index contributed by atoms with van der Waals surface area (Å²) >= 11 is 7.44. The number of alkyl halides is 1. The van der Waals surface area contributed by atoms with Crippen molar-refractivity contribution in [3.05, 3.63) is 28.7 Å². The number of rotatable bonds is 4. The lowest BCUT2D eigenvalue weighted by atomic mass is 10.2. The molecule has 2 aromatic heterocycles. The highest BCUT2D eigenvalue weighted by atomic mass is 35.5. The molecule has 1 atom stereocenters. The Balaban J connectivity index is 2.35. The lowest BCUT2D eigenvalue weighted by Crippen LogP contribution is -2.11. The van der Waals surface area contributed by atoms with Gasteiger partial charge in [-0.05, 0) is 6.42 Å². The molecule has 2 aromatic rings. The van der Waals surface area contributed by atoms with E-state index in [-0.39, 0.29) is 6.04 Å². The molecule has 0 amide bonds. The Kier molecular flexibility index (Phi) is 3.33. The summed E-state index contributed by atoms with van der Waals surface area (Å²) < 4.78 is 1.99. The van der Waals surface area contributed by atoms with Gasteiger partial charge < -0.3 is 4.57 Å². The van der Waals surface area contributed by atoms with Crippen molar-refractivity contribution in [2.45, 2.75) is 25.3 Å². The van der Waals surface area contributed by atoms with Crippen molar-refractivity contribution in [3.8, 4) is 0 Å². The first kappa shape index (κ1) is 10.6. The van der Waals surface area contributed by atoms with Crippen molar-refractivity contribution in [2.75, 3.05) is 0 Å². The van der Waals surface area contributed by atoms with Gasteiger partial charge in [0.25, 0.3) is 0 Å². The SMILES string of the molecule is CCC(c1nccs1)n1cnnc1CCl. The third kappa shape index (κ3) is 2.03. The van der Waals surface area contributed by atoms with E-state index in [4.69, 9.17) is 11.6 Å². The molecule has 2 heterocycles. The van der Waals surface area contributed by atoms with Crippen LogP contribution in [0.3, 0.4) is 0 Å². The molecular weight excluding hydrogens is 232 g/mol. The van der Waals surface area contributed by atoms with Gasteiger partial charge in [0.1, 0.15) is 17.2 Å². The minimum absolute atomic E-state index is 0.203. The minimum Gasteiger partial charge on any atom is -0.306 e. The van der Waals surface area contributed by atoms with E-state index in [1.807, 2.05) is 16.1 Å². The topological polar surface area (TPSA) is 43.6 Å². The van der Waals surface area contributed by atoms with Gasteiger partial charge in [0.05, 0.1) is 11.9 Å². The summed E-state index contributed by atoms with van der Waals surface area (Å²) in [5, 5.41) is 10.9. The molecule has 15 heavy (non-hydrogen) atoms. The highest BCUT2D eigenvalue weighted by Gasteiger charge is 2.17. The van der Waals surface area contributed by atoms with Crippen molar-refractivity contribution in [1.82, 2.24) is 19.7 Å². The van der Waals surface area contributed by atoms with E-state index in [0.717, 1.165) is 17.3 Å². The summed E-state index contributed by atoms with van der Waals surface area (Å²) in [5.41, 5.74) is 0. The van der Waals surface area contributed by atoms with Crippen LogP contribution >= 0.6 is 22.9 Å². The zero-order chi connectivity index (χ0) is 10.7. The van der Waals surface area contributed by atoms with Crippen molar-refractivity contribution < 1.29 is 0 Å². The largest absolute Gasteiger partial charge is 0.306 e. The number of halogens is 1. The molecule has 0 aliphatic rings. The first-order valence-electron chi connectivity index (χ1n) is 4.70. The fourth-order valence-electron chi connectivity index (χ4n) is 1.51. The first-order valence-corrected chi connectivity index (χ1v) is 6.12. The Morgan fingerprint density at radius 1 is 1.60 bits per heavy atom. The van der Waals surface area contributed by atoms with Crippen LogP contribution in [0.15, 0.2) is 17.9 Å². The smallest absolute Gasteiger partial charge is 0.148 e. The van der Waals surface area contributed by atoms with Crippen LogP contribution in [0.25, 0.3) is 0 Å². The van der Waals surface area contributed by atoms with Gasteiger partial charge in [-0.3, -0.25) is 0 Å². The molecular formula is C9H11ClN4S. The molecule has 6 heteroatoms. The molecule has 0 aromatic carbocycles. The number of hydrogen-bond acceptors (Lipinski definition) is 4. The lowest BCUT2D eigenvalue weighted by Gasteiger charge is -2.14.